The highest BCUT2D eigenvalue weighted by Crippen LogP contribution is 2.20. The third kappa shape index (κ3) is 2.60. The molecule has 1 aromatic heterocycles. The molecule has 0 aliphatic heterocycles. The van der Waals surface area contributed by atoms with E-state index in [1.54, 1.807) is 36.5 Å². The first-order valence-electron chi connectivity index (χ1n) is 6.56. The molecule has 0 saturated carbocycles. The van der Waals surface area contributed by atoms with Crippen molar-refractivity contribution < 1.29 is 9.18 Å². The van der Waals surface area contributed by atoms with Crippen molar-refractivity contribution in [3.8, 4) is 0 Å². The molecule has 4 heteroatoms. The maximum Gasteiger partial charge on any atom is 0.256 e. The number of aryl methyl sites for hydroxylation is 1. The Balaban J connectivity index is 1.99. The molecular weight excluding hydrogens is 267 g/mol. The molecule has 2 aromatic carbocycles. The first kappa shape index (κ1) is 13.2. The SMILES string of the molecule is Cc1ccc(F)c(NC(=O)c2cccc3ncccc23)c1. The van der Waals surface area contributed by atoms with E-state index in [0.29, 0.717) is 5.56 Å². The molecule has 1 N–H and O–H groups in total. The van der Waals surface area contributed by atoms with Gasteiger partial charge in [0.05, 0.1) is 11.2 Å². The predicted octanol–water partition coefficient (Wildman–Crippen LogP) is 3.93. The Kier molecular flexibility index (Phi) is 3.36. The van der Waals surface area contributed by atoms with Gasteiger partial charge in [-0.3, -0.25) is 9.78 Å². The molecule has 0 fully saturated rings. The van der Waals surface area contributed by atoms with Gasteiger partial charge in [0, 0.05) is 17.1 Å². The first-order chi connectivity index (χ1) is 10.1. The lowest BCUT2D eigenvalue weighted by Gasteiger charge is -2.09. The number of aromatic nitrogens is 1. The Hall–Kier alpha value is -2.75. The van der Waals surface area contributed by atoms with Crippen molar-refractivity contribution in [2.75, 3.05) is 5.32 Å². The van der Waals surface area contributed by atoms with Gasteiger partial charge < -0.3 is 5.32 Å². The van der Waals surface area contributed by atoms with Gasteiger partial charge in [-0.05, 0) is 42.8 Å². The highest BCUT2D eigenvalue weighted by atomic mass is 19.1. The normalized spacial score (nSPS) is 10.6. The lowest BCUT2D eigenvalue weighted by Crippen LogP contribution is -2.13. The summed E-state index contributed by atoms with van der Waals surface area (Å²) in [5.41, 5.74) is 2.27. The topological polar surface area (TPSA) is 42.0 Å². The van der Waals surface area contributed by atoms with E-state index in [1.165, 1.54) is 6.07 Å². The minimum Gasteiger partial charge on any atom is -0.319 e. The number of nitrogens with one attached hydrogen (secondary N) is 1. The highest BCUT2D eigenvalue weighted by Gasteiger charge is 2.12. The van der Waals surface area contributed by atoms with E-state index in [-0.39, 0.29) is 11.6 Å². The van der Waals surface area contributed by atoms with Crippen molar-refractivity contribution in [1.82, 2.24) is 4.98 Å². The zero-order valence-electron chi connectivity index (χ0n) is 11.4. The summed E-state index contributed by atoms with van der Waals surface area (Å²) in [6, 6.07) is 13.5. The summed E-state index contributed by atoms with van der Waals surface area (Å²) in [5.74, 6) is -0.801. The van der Waals surface area contributed by atoms with Crippen LogP contribution >= 0.6 is 0 Å². The van der Waals surface area contributed by atoms with Gasteiger partial charge in [-0.25, -0.2) is 4.39 Å². The van der Waals surface area contributed by atoms with Gasteiger partial charge in [0.1, 0.15) is 5.82 Å². The minimum atomic E-state index is -0.452. The van der Waals surface area contributed by atoms with Crippen LogP contribution in [-0.2, 0) is 0 Å². The Bertz CT molecular complexity index is 825. The summed E-state index contributed by atoms with van der Waals surface area (Å²) in [7, 11) is 0. The second-order valence-electron chi connectivity index (χ2n) is 4.81. The maximum atomic E-state index is 13.7. The molecular formula is C17H13FN2O. The van der Waals surface area contributed by atoms with Crippen LogP contribution in [0.3, 0.4) is 0 Å². The predicted molar refractivity (Wildman–Crippen MR) is 80.8 cm³/mol. The van der Waals surface area contributed by atoms with Crippen molar-refractivity contribution in [2.45, 2.75) is 6.92 Å². The number of pyridine rings is 1. The van der Waals surface area contributed by atoms with E-state index >= 15 is 0 Å². The van der Waals surface area contributed by atoms with E-state index in [0.717, 1.165) is 16.5 Å². The van der Waals surface area contributed by atoms with Crippen LogP contribution in [0.25, 0.3) is 10.9 Å². The van der Waals surface area contributed by atoms with Crippen LogP contribution in [0, 0.1) is 12.7 Å². The molecule has 0 radical (unpaired) electrons. The van der Waals surface area contributed by atoms with Crippen molar-refractivity contribution in [1.29, 1.82) is 0 Å². The number of anilines is 1. The molecule has 21 heavy (non-hydrogen) atoms. The number of carbonyl (C=O) groups is 1. The number of carbonyl (C=O) groups excluding carboxylic acids is 1. The second kappa shape index (κ2) is 5.32. The number of hydrogen-bond donors (Lipinski definition) is 1. The monoisotopic (exact) mass is 280 g/mol. The fraction of sp³-hybridized carbons (Fsp3) is 0.0588. The van der Waals surface area contributed by atoms with Crippen molar-refractivity contribution in [3.05, 3.63) is 71.7 Å². The van der Waals surface area contributed by atoms with E-state index in [4.69, 9.17) is 0 Å². The Labute approximate surface area is 121 Å². The van der Waals surface area contributed by atoms with E-state index in [1.807, 2.05) is 19.1 Å². The Morgan fingerprint density at radius 1 is 1.14 bits per heavy atom. The second-order valence-corrected chi connectivity index (χ2v) is 4.81. The molecule has 3 aromatic rings. The summed E-state index contributed by atoms with van der Waals surface area (Å²) < 4.78 is 13.7. The van der Waals surface area contributed by atoms with Crippen LogP contribution < -0.4 is 5.32 Å². The molecule has 1 amide bonds. The third-order valence-corrected chi connectivity index (χ3v) is 3.26. The van der Waals surface area contributed by atoms with Crippen LogP contribution in [0.15, 0.2) is 54.7 Å². The van der Waals surface area contributed by atoms with Gasteiger partial charge in [0.25, 0.3) is 5.91 Å². The van der Waals surface area contributed by atoms with Crippen molar-refractivity contribution in [3.63, 3.8) is 0 Å². The highest BCUT2D eigenvalue weighted by molar-refractivity contribution is 6.12. The van der Waals surface area contributed by atoms with Gasteiger partial charge in [-0.2, -0.15) is 0 Å². The standard InChI is InChI=1S/C17H13FN2O/c1-11-7-8-14(18)16(10-11)20-17(21)13-4-2-6-15-12(13)5-3-9-19-15/h2-10H,1H3,(H,20,21). The summed E-state index contributed by atoms with van der Waals surface area (Å²) >= 11 is 0. The fourth-order valence-corrected chi connectivity index (χ4v) is 2.23. The van der Waals surface area contributed by atoms with E-state index in [9.17, 15) is 9.18 Å². The van der Waals surface area contributed by atoms with Crippen molar-refractivity contribution in [2.24, 2.45) is 0 Å². The van der Waals surface area contributed by atoms with Crippen LogP contribution in [0.1, 0.15) is 15.9 Å². The molecule has 0 spiro atoms. The minimum absolute atomic E-state index is 0.181. The lowest BCUT2D eigenvalue weighted by molar-refractivity contribution is 0.102. The van der Waals surface area contributed by atoms with Crippen LogP contribution in [0.2, 0.25) is 0 Å². The molecule has 1 heterocycles. The summed E-state index contributed by atoms with van der Waals surface area (Å²) in [5, 5.41) is 3.36. The number of halogens is 1. The summed E-state index contributed by atoms with van der Waals surface area (Å²) in [6.45, 7) is 1.84. The fourth-order valence-electron chi connectivity index (χ4n) is 2.23. The Morgan fingerprint density at radius 3 is 2.86 bits per heavy atom. The average Bonchev–Trinajstić information content (AvgIpc) is 2.50. The zero-order valence-corrected chi connectivity index (χ0v) is 11.4. The molecule has 104 valence electrons. The van der Waals surface area contributed by atoms with E-state index in [2.05, 4.69) is 10.3 Å². The number of nitrogens with zero attached hydrogens (tertiary/aromatic N) is 1. The van der Waals surface area contributed by atoms with Gasteiger partial charge >= 0.3 is 0 Å². The van der Waals surface area contributed by atoms with Crippen molar-refractivity contribution >= 4 is 22.5 Å². The van der Waals surface area contributed by atoms with Gasteiger partial charge in [-0.15, -0.1) is 0 Å². The molecule has 0 aliphatic rings. The smallest absolute Gasteiger partial charge is 0.256 e. The number of amides is 1. The van der Waals surface area contributed by atoms with Gasteiger partial charge in [0.15, 0.2) is 0 Å². The zero-order chi connectivity index (χ0) is 14.8. The first-order valence-corrected chi connectivity index (χ1v) is 6.56. The number of rotatable bonds is 2. The molecule has 0 unspecified atom stereocenters. The summed E-state index contributed by atoms with van der Waals surface area (Å²) in [6.07, 6.45) is 1.67. The van der Waals surface area contributed by atoms with Crippen LogP contribution in [-0.4, -0.2) is 10.9 Å². The largest absolute Gasteiger partial charge is 0.319 e. The molecule has 0 saturated heterocycles. The summed E-state index contributed by atoms with van der Waals surface area (Å²) in [4.78, 5) is 16.6. The van der Waals surface area contributed by atoms with Crippen LogP contribution in [0.4, 0.5) is 10.1 Å². The maximum absolute atomic E-state index is 13.7. The number of benzene rings is 2. The third-order valence-electron chi connectivity index (χ3n) is 3.26. The number of fused-ring (bicyclic) bond motifs is 1. The molecule has 0 bridgehead atoms. The van der Waals surface area contributed by atoms with E-state index < -0.39 is 5.82 Å². The molecule has 0 aliphatic carbocycles. The quantitative estimate of drug-likeness (QED) is 0.772. The van der Waals surface area contributed by atoms with Gasteiger partial charge in [-0.1, -0.05) is 18.2 Å². The van der Waals surface area contributed by atoms with Gasteiger partial charge in [0.2, 0.25) is 0 Å². The lowest BCUT2D eigenvalue weighted by atomic mass is 10.1. The molecule has 0 atom stereocenters. The number of hydrogen-bond acceptors (Lipinski definition) is 2. The molecule has 3 rings (SSSR count). The Morgan fingerprint density at radius 2 is 2.00 bits per heavy atom. The average molecular weight is 280 g/mol. The van der Waals surface area contributed by atoms with Crippen LogP contribution in [0.5, 0.6) is 0 Å². The molecule has 3 nitrogen and oxygen atoms in total.